The number of nitrogens with one attached hydrogen (secondary N) is 1. The summed E-state index contributed by atoms with van der Waals surface area (Å²) in [7, 11) is -0.328. The Morgan fingerprint density at radius 1 is 1.22 bits per heavy atom. The molecule has 0 atom stereocenters. The topological polar surface area (TPSA) is 103 Å². The number of fused-ring (bicyclic) bond motifs is 3. The zero-order valence-electron chi connectivity index (χ0n) is 16.8. The van der Waals surface area contributed by atoms with Crippen LogP contribution in [0.2, 0.25) is 10.0 Å². The van der Waals surface area contributed by atoms with Gasteiger partial charge in [0.15, 0.2) is 11.3 Å². The highest BCUT2D eigenvalue weighted by atomic mass is 35.5. The molecule has 0 saturated heterocycles. The van der Waals surface area contributed by atoms with Gasteiger partial charge < -0.3 is 27.2 Å². The second-order valence-electron chi connectivity index (χ2n) is 6.45. The van der Waals surface area contributed by atoms with Gasteiger partial charge >= 0.3 is 0 Å². The molecule has 166 valence electrons. The fraction of sp³-hybridized carbons (Fsp3) is 0.143. The fourth-order valence-electron chi connectivity index (χ4n) is 3.18. The number of anilines is 1. The Balaban J connectivity index is 1.89. The summed E-state index contributed by atoms with van der Waals surface area (Å²) in [4.78, 5) is 17.1. The van der Waals surface area contributed by atoms with Crippen LogP contribution >= 0.6 is 23.2 Å². The van der Waals surface area contributed by atoms with Crippen molar-refractivity contribution in [3.63, 3.8) is 0 Å². The minimum atomic E-state index is -1.83. The van der Waals surface area contributed by atoms with E-state index in [1.54, 1.807) is 37.3 Å². The highest BCUT2D eigenvalue weighted by Crippen LogP contribution is 2.39. The van der Waals surface area contributed by atoms with Crippen LogP contribution in [0.1, 0.15) is 17.3 Å². The van der Waals surface area contributed by atoms with E-state index in [2.05, 4.69) is 14.7 Å². The molecule has 0 radical (unpaired) electrons. The molecule has 0 unspecified atom stereocenters. The van der Waals surface area contributed by atoms with E-state index in [1.165, 1.54) is 19.5 Å². The molecule has 2 aromatic carbocycles. The molecule has 2 heterocycles. The van der Waals surface area contributed by atoms with E-state index in [-0.39, 0.29) is 22.3 Å². The number of hydrogen-bond donors (Lipinski definition) is 1. The molecule has 32 heavy (non-hydrogen) atoms. The van der Waals surface area contributed by atoms with Crippen LogP contribution in [0.3, 0.4) is 0 Å². The SMILES string of the molecule is CCO[S-](=O)=Nc1ccc2oc3c(OC)ccc(C(=O)Nc4c(Cl)cncc4Cl)c3c2c1. The maximum absolute atomic E-state index is 13.2. The Morgan fingerprint density at radius 2 is 1.97 bits per heavy atom. The summed E-state index contributed by atoms with van der Waals surface area (Å²) >= 11 is 12.3. The van der Waals surface area contributed by atoms with Crippen molar-refractivity contribution in [3.05, 3.63) is 58.3 Å². The number of furan rings is 1. The molecule has 2 aromatic heterocycles. The summed E-state index contributed by atoms with van der Waals surface area (Å²) in [6, 6.07) is 8.22. The van der Waals surface area contributed by atoms with Crippen LogP contribution in [-0.2, 0) is 19.3 Å². The third-order valence-corrected chi connectivity index (χ3v) is 5.89. The van der Waals surface area contributed by atoms with Crippen LogP contribution in [0.15, 0.2) is 51.5 Å². The van der Waals surface area contributed by atoms with E-state index in [1.807, 2.05) is 0 Å². The van der Waals surface area contributed by atoms with E-state index in [0.717, 1.165) is 0 Å². The van der Waals surface area contributed by atoms with Crippen molar-refractivity contribution in [2.24, 2.45) is 4.36 Å². The molecular formula is C21H16Cl2N3O5S-. The zero-order valence-corrected chi connectivity index (χ0v) is 19.2. The lowest BCUT2D eigenvalue weighted by Gasteiger charge is -2.10. The maximum atomic E-state index is 13.2. The Labute approximate surface area is 194 Å². The number of rotatable bonds is 6. The number of benzene rings is 2. The first kappa shape index (κ1) is 22.3. The largest absolute Gasteiger partial charge is 0.493 e. The number of ether oxygens (including phenoxy) is 1. The quantitative estimate of drug-likeness (QED) is 0.317. The van der Waals surface area contributed by atoms with Gasteiger partial charge in [0.05, 0.1) is 28.4 Å². The van der Waals surface area contributed by atoms with E-state index < -0.39 is 16.8 Å². The molecule has 4 aromatic rings. The van der Waals surface area contributed by atoms with Crippen LogP contribution in [0.4, 0.5) is 11.4 Å². The Morgan fingerprint density at radius 3 is 2.66 bits per heavy atom. The molecular weight excluding hydrogens is 477 g/mol. The fourth-order valence-corrected chi connectivity index (χ4v) is 4.18. The standard InChI is InChI=1S/C21H16Cl2N3O5S/c1-3-30-32(28)26-11-4-6-16-13(8-11)18-12(5-7-17(29-2)20(18)31-16)21(27)25-19-14(22)9-24-10-15(19)23/h4-10H,3H2,1-2H3,(H,24,25,27)/q-1. The minimum Gasteiger partial charge on any atom is -0.493 e. The third kappa shape index (κ3) is 4.24. The van der Waals surface area contributed by atoms with Gasteiger partial charge in [-0.2, -0.15) is 0 Å². The van der Waals surface area contributed by atoms with E-state index >= 15 is 0 Å². The van der Waals surface area contributed by atoms with Crippen molar-refractivity contribution in [1.29, 1.82) is 0 Å². The average Bonchev–Trinajstić information content (AvgIpc) is 3.15. The van der Waals surface area contributed by atoms with Gasteiger partial charge in [-0.25, -0.2) is 0 Å². The summed E-state index contributed by atoms with van der Waals surface area (Å²) in [5.41, 5.74) is 1.82. The van der Waals surface area contributed by atoms with Crippen LogP contribution in [0, 0.1) is 0 Å². The van der Waals surface area contributed by atoms with Crippen LogP contribution in [0.5, 0.6) is 5.75 Å². The van der Waals surface area contributed by atoms with Gasteiger partial charge in [-0.3, -0.25) is 9.78 Å². The van der Waals surface area contributed by atoms with Crippen LogP contribution in [0.25, 0.3) is 21.9 Å². The van der Waals surface area contributed by atoms with Crippen molar-refractivity contribution in [3.8, 4) is 5.75 Å². The highest BCUT2D eigenvalue weighted by Gasteiger charge is 2.21. The minimum absolute atomic E-state index is 0.201. The lowest BCUT2D eigenvalue weighted by Crippen LogP contribution is -2.13. The summed E-state index contributed by atoms with van der Waals surface area (Å²) in [6.45, 7) is 1.98. The number of amides is 1. The molecule has 0 aliphatic rings. The molecule has 1 amide bonds. The molecule has 11 heteroatoms. The van der Waals surface area contributed by atoms with E-state index in [9.17, 15) is 9.00 Å². The summed E-state index contributed by atoms with van der Waals surface area (Å²) in [5, 5.41) is 4.21. The van der Waals surface area contributed by atoms with Crippen molar-refractivity contribution in [2.45, 2.75) is 6.92 Å². The van der Waals surface area contributed by atoms with Crippen LogP contribution < -0.4 is 10.1 Å². The molecule has 4 rings (SSSR count). The number of halogens is 2. The lowest BCUT2D eigenvalue weighted by atomic mass is 10.0. The maximum Gasteiger partial charge on any atom is 0.256 e. The second-order valence-corrected chi connectivity index (χ2v) is 8.12. The second kappa shape index (κ2) is 9.33. The molecule has 8 nitrogen and oxygen atoms in total. The first-order valence-corrected chi connectivity index (χ1v) is 11.1. The number of carbonyl (C=O) groups excluding carboxylic acids is 1. The van der Waals surface area contributed by atoms with Gasteiger partial charge in [-0.05, 0) is 37.3 Å². The van der Waals surface area contributed by atoms with Gasteiger partial charge in [-0.15, -0.1) is 0 Å². The summed E-state index contributed by atoms with van der Waals surface area (Å²) in [5.74, 6) is -0.0142. The molecule has 0 spiro atoms. The molecule has 0 aliphatic heterocycles. The molecule has 0 bridgehead atoms. The van der Waals surface area contributed by atoms with Crippen LogP contribution in [-0.4, -0.2) is 24.6 Å². The summed E-state index contributed by atoms with van der Waals surface area (Å²) < 4.78 is 32.2. The number of nitrogens with zero attached hydrogens (tertiary/aromatic N) is 2. The number of carbonyl (C=O) groups is 1. The van der Waals surface area contributed by atoms with E-state index in [0.29, 0.717) is 38.9 Å². The van der Waals surface area contributed by atoms with Gasteiger partial charge in [0, 0.05) is 35.5 Å². The number of aromatic nitrogens is 1. The predicted octanol–water partition coefficient (Wildman–Crippen LogP) is 6.28. The Bertz CT molecular complexity index is 1410. The molecule has 0 aliphatic carbocycles. The first-order valence-electron chi connectivity index (χ1n) is 9.33. The van der Waals surface area contributed by atoms with Gasteiger partial charge in [-0.1, -0.05) is 34.1 Å². The predicted molar refractivity (Wildman–Crippen MR) is 124 cm³/mol. The van der Waals surface area contributed by atoms with Gasteiger partial charge in [0.25, 0.3) is 5.91 Å². The lowest BCUT2D eigenvalue weighted by molar-refractivity contribution is 0.102. The average molecular weight is 493 g/mol. The van der Waals surface area contributed by atoms with Gasteiger partial charge in [0.1, 0.15) is 5.58 Å². The number of pyridine rings is 1. The summed E-state index contributed by atoms with van der Waals surface area (Å²) in [6.07, 6.45) is 2.76. The van der Waals surface area contributed by atoms with E-state index in [4.69, 9.17) is 36.5 Å². The smallest absolute Gasteiger partial charge is 0.256 e. The first-order chi connectivity index (χ1) is 15.4. The Kier molecular flexibility index (Phi) is 6.52. The molecule has 1 N–H and O–H groups in total. The van der Waals surface area contributed by atoms with Gasteiger partial charge in [0.2, 0.25) is 0 Å². The third-order valence-electron chi connectivity index (χ3n) is 4.52. The normalized spacial score (nSPS) is 12.4. The Hall–Kier alpha value is -2.85. The van der Waals surface area contributed by atoms with Crippen molar-refractivity contribution >= 4 is 73.3 Å². The van der Waals surface area contributed by atoms with Crippen molar-refractivity contribution in [2.75, 3.05) is 19.0 Å². The van der Waals surface area contributed by atoms with Crippen molar-refractivity contribution < 1.29 is 22.3 Å². The monoisotopic (exact) mass is 492 g/mol. The number of methoxy groups -OCH3 is 1. The molecule has 0 saturated carbocycles. The zero-order chi connectivity index (χ0) is 22.8. The van der Waals surface area contributed by atoms with Crippen molar-refractivity contribution in [1.82, 2.24) is 4.98 Å². The highest BCUT2D eigenvalue weighted by molar-refractivity contribution is 7.69. The number of hydrogen-bond acceptors (Lipinski definition) is 8. The molecule has 0 fully saturated rings.